The van der Waals surface area contributed by atoms with Gasteiger partial charge in [0.1, 0.15) is 0 Å². The highest BCUT2D eigenvalue weighted by molar-refractivity contribution is 5.92. The average molecular weight is 284 g/mol. The minimum atomic E-state index is -0.0396. The van der Waals surface area contributed by atoms with Crippen LogP contribution < -0.4 is 10.6 Å². The van der Waals surface area contributed by atoms with Gasteiger partial charge in [-0.3, -0.25) is 4.79 Å². The summed E-state index contributed by atoms with van der Waals surface area (Å²) in [5, 5.41) is 5.64. The van der Waals surface area contributed by atoms with Gasteiger partial charge in [-0.05, 0) is 38.1 Å². The summed E-state index contributed by atoms with van der Waals surface area (Å²) in [5.74, 6) is -0.0396. The summed E-state index contributed by atoms with van der Waals surface area (Å²) < 4.78 is 0. The van der Waals surface area contributed by atoms with Crippen molar-refractivity contribution in [2.75, 3.05) is 18.9 Å². The fraction of sp³-hybridized carbons (Fsp3) is 0.278. The van der Waals surface area contributed by atoms with E-state index in [-0.39, 0.29) is 5.91 Å². The molecule has 21 heavy (non-hydrogen) atoms. The predicted octanol–water partition coefficient (Wildman–Crippen LogP) is 3.77. The van der Waals surface area contributed by atoms with Crippen LogP contribution in [0.5, 0.6) is 0 Å². The highest BCUT2D eigenvalue weighted by Crippen LogP contribution is 2.11. The Morgan fingerprint density at radius 1 is 1.24 bits per heavy atom. The zero-order valence-electron chi connectivity index (χ0n) is 13.0. The molecule has 0 saturated heterocycles. The van der Waals surface area contributed by atoms with Crippen LogP contribution in [-0.4, -0.2) is 19.5 Å². The van der Waals surface area contributed by atoms with Crippen LogP contribution in [0.15, 0.2) is 54.1 Å². The summed E-state index contributed by atoms with van der Waals surface area (Å²) in [6.07, 6.45) is 11.5. The lowest BCUT2D eigenvalue weighted by molar-refractivity contribution is -0.115. The molecule has 0 aliphatic carbocycles. The van der Waals surface area contributed by atoms with Gasteiger partial charge in [-0.2, -0.15) is 0 Å². The van der Waals surface area contributed by atoms with Crippen LogP contribution in [0.3, 0.4) is 0 Å². The normalized spacial score (nSPS) is 12.2. The smallest absolute Gasteiger partial charge is 0.238 e. The Morgan fingerprint density at radius 3 is 2.57 bits per heavy atom. The first-order valence-electron chi connectivity index (χ1n) is 7.21. The lowest BCUT2D eigenvalue weighted by Crippen LogP contribution is -2.24. The lowest BCUT2D eigenvalue weighted by Gasteiger charge is -2.04. The van der Waals surface area contributed by atoms with Crippen molar-refractivity contribution >= 4 is 17.7 Å². The van der Waals surface area contributed by atoms with E-state index in [0.29, 0.717) is 6.54 Å². The molecule has 0 unspecified atom stereocenters. The Morgan fingerprint density at radius 2 is 1.95 bits per heavy atom. The Kier molecular flexibility index (Phi) is 7.84. The molecule has 0 spiro atoms. The molecular formula is C18H24N2O. The minimum Gasteiger partial charge on any atom is -0.325 e. The topological polar surface area (TPSA) is 41.1 Å². The second-order valence-electron chi connectivity index (χ2n) is 4.78. The number of rotatable bonds is 7. The highest BCUT2D eigenvalue weighted by atomic mass is 16.1. The molecule has 0 radical (unpaired) electrons. The van der Waals surface area contributed by atoms with Gasteiger partial charge in [0.15, 0.2) is 0 Å². The van der Waals surface area contributed by atoms with Gasteiger partial charge in [-0.15, -0.1) is 0 Å². The van der Waals surface area contributed by atoms with Crippen molar-refractivity contribution in [2.24, 2.45) is 0 Å². The number of amides is 1. The molecule has 0 atom stereocenters. The number of allylic oxidation sites excluding steroid dienone is 5. The summed E-state index contributed by atoms with van der Waals surface area (Å²) in [7, 11) is 1.75. The number of hydrogen-bond donors (Lipinski definition) is 2. The quantitative estimate of drug-likeness (QED) is 0.748. The van der Waals surface area contributed by atoms with Gasteiger partial charge in [0, 0.05) is 5.69 Å². The number of carbonyl (C=O) groups excluding carboxylic acids is 1. The van der Waals surface area contributed by atoms with Crippen LogP contribution in [-0.2, 0) is 4.79 Å². The van der Waals surface area contributed by atoms with E-state index < -0.39 is 0 Å². The van der Waals surface area contributed by atoms with Crippen molar-refractivity contribution in [3.63, 3.8) is 0 Å². The van der Waals surface area contributed by atoms with E-state index in [1.165, 1.54) is 5.57 Å². The van der Waals surface area contributed by atoms with Crippen molar-refractivity contribution in [1.29, 1.82) is 0 Å². The molecule has 0 fully saturated rings. The van der Waals surface area contributed by atoms with Crippen LogP contribution in [0.2, 0.25) is 0 Å². The molecule has 3 nitrogen and oxygen atoms in total. The zero-order chi connectivity index (χ0) is 15.5. The van der Waals surface area contributed by atoms with E-state index >= 15 is 0 Å². The summed E-state index contributed by atoms with van der Waals surface area (Å²) >= 11 is 0. The van der Waals surface area contributed by atoms with Gasteiger partial charge in [-0.25, -0.2) is 0 Å². The SMILES string of the molecule is CC\C=C/C=C(C)/C=C/c1ccc(NC(=O)CNC)cc1. The molecular weight excluding hydrogens is 260 g/mol. The summed E-state index contributed by atoms with van der Waals surface area (Å²) in [6.45, 7) is 4.51. The maximum atomic E-state index is 11.4. The van der Waals surface area contributed by atoms with Gasteiger partial charge >= 0.3 is 0 Å². The molecule has 1 aromatic rings. The number of anilines is 1. The third kappa shape index (κ3) is 7.28. The fourth-order valence-corrected chi connectivity index (χ4v) is 1.68. The fourth-order valence-electron chi connectivity index (χ4n) is 1.68. The van der Waals surface area contributed by atoms with Crippen LogP contribution in [0.1, 0.15) is 25.8 Å². The molecule has 0 aliphatic rings. The zero-order valence-corrected chi connectivity index (χ0v) is 13.0. The van der Waals surface area contributed by atoms with Crippen LogP contribution in [0, 0.1) is 0 Å². The van der Waals surface area contributed by atoms with E-state index in [0.717, 1.165) is 17.7 Å². The molecule has 0 heterocycles. The monoisotopic (exact) mass is 284 g/mol. The number of hydrogen-bond acceptors (Lipinski definition) is 2. The molecule has 0 aromatic heterocycles. The minimum absolute atomic E-state index is 0.0396. The van der Waals surface area contributed by atoms with Gasteiger partial charge < -0.3 is 10.6 Å². The third-order valence-electron chi connectivity index (χ3n) is 2.80. The maximum Gasteiger partial charge on any atom is 0.238 e. The van der Waals surface area contributed by atoms with Crippen molar-refractivity contribution < 1.29 is 4.79 Å². The second-order valence-corrected chi connectivity index (χ2v) is 4.78. The molecule has 3 heteroatoms. The van der Waals surface area contributed by atoms with Crippen LogP contribution >= 0.6 is 0 Å². The van der Waals surface area contributed by atoms with E-state index in [4.69, 9.17) is 0 Å². The first-order valence-corrected chi connectivity index (χ1v) is 7.21. The Bertz CT molecular complexity index is 525. The molecule has 1 amide bonds. The van der Waals surface area contributed by atoms with Gasteiger partial charge in [0.2, 0.25) is 5.91 Å². The number of likely N-dealkylation sites (N-methyl/N-ethyl adjacent to an activating group) is 1. The van der Waals surface area contributed by atoms with Crippen molar-refractivity contribution in [1.82, 2.24) is 5.32 Å². The largest absolute Gasteiger partial charge is 0.325 e. The van der Waals surface area contributed by atoms with Crippen LogP contribution in [0.4, 0.5) is 5.69 Å². The number of benzene rings is 1. The van der Waals surface area contributed by atoms with Crippen molar-refractivity contribution in [2.45, 2.75) is 20.3 Å². The Labute approximate surface area is 127 Å². The lowest BCUT2D eigenvalue weighted by atomic mass is 10.1. The molecule has 1 rings (SSSR count). The summed E-state index contributed by atoms with van der Waals surface area (Å²) in [6, 6.07) is 7.79. The van der Waals surface area contributed by atoms with E-state index in [1.54, 1.807) is 7.05 Å². The second kappa shape index (κ2) is 9.72. The summed E-state index contributed by atoms with van der Waals surface area (Å²) in [5.41, 5.74) is 3.12. The molecule has 0 aliphatic heterocycles. The predicted molar refractivity (Wildman–Crippen MR) is 91.2 cm³/mol. The number of nitrogens with one attached hydrogen (secondary N) is 2. The van der Waals surface area contributed by atoms with Crippen molar-refractivity contribution in [3.05, 3.63) is 59.7 Å². The molecule has 112 valence electrons. The third-order valence-corrected chi connectivity index (χ3v) is 2.80. The van der Waals surface area contributed by atoms with Gasteiger partial charge in [-0.1, -0.05) is 55.0 Å². The van der Waals surface area contributed by atoms with Crippen molar-refractivity contribution in [3.8, 4) is 0 Å². The average Bonchev–Trinajstić information content (AvgIpc) is 2.47. The van der Waals surface area contributed by atoms with E-state index in [2.05, 4.69) is 54.9 Å². The Balaban J connectivity index is 2.60. The highest BCUT2D eigenvalue weighted by Gasteiger charge is 1.99. The van der Waals surface area contributed by atoms with Crippen LogP contribution in [0.25, 0.3) is 6.08 Å². The standard InChI is InChI=1S/C18H24N2O/c1-4-5-6-7-15(2)8-9-16-10-12-17(13-11-16)20-18(21)14-19-3/h5-13,19H,4,14H2,1-3H3,(H,20,21)/b6-5-,9-8+,15-7+. The van der Waals surface area contributed by atoms with E-state index in [1.807, 2.05) is 24.3 Å². The first kappa shape index (κ1) is 16.9. The van der Waals surface area contributed by atoms with Gasteiger partial charge in [0.25, 0.3) is 0 Å². The Hall–Kier alpha value is -2.13. The van der Waals surface area contributed by atoms with E-state index in [9.17, 15) is 4.79 Å². The first-order chi connectivity index (χ1) is 10.2. The molecule has 0 bridgehead atoms. The molecule has 0 saturated carbocycles. The summed E-state index contributed by atoms with van der Waals surface area (Å²) in [4.78, 5) is 11.4. The molecule has 1 aromatic carbocycles. The van der Waals surface area contributed by atoms with Gasteiger partial charge in [0.05, 0.1) is 6.54 Å². The molecule has 2 N–H and O–H groups in total. The number of carbonyl (C=O) groups is 1. The maximum absolute atomic E-state index is 11.4.